The zero-order valence-electron chi connectivity index (χ0n) is 16.9. The van der Waals surface area contributed by atoms with Gasteiger partial charge >= 0.3 is 5.97 Å². The highest BCUT2D eigenvalue weighted by molar-refractivity contribution is 6.01. The predicted octanol–water partition coefficient (Wildman–Crippen LogP) is 2.52. The van der Waals surface area contributed by atoms with E-state index in [2.05, 4.69) is 0 Å². The van der Waals surface area contributed by atoms with E-state index in [1.165, 1.54) is 0 Å². The van der Waals surface area contributed by atoms with Crippen LogP contribution in [0.2, 0.25) is 0 Å². The van der Waals surface area contributed by atoms with E-state index in [4.69, 9.17) is 4.74 Å². The van der Waals surface area contributed by atoms with Gasteiger partial charge in [0.05, 0.1) is 24.6 Å². The van der Waals surface area contributed by atoms with Crippen molar-refractivity contribution in [1.82, 2.24) is 4.90 Å². The molecule has 5 rings (SSSR count). The molecule has 0 bridgehead atoms. The molecule has 3 heterocycles. The van der Waals surface area contributed by atoms with Gasteiger partial charge in [0.25, 0.3) is 0 Å². The second-order valence-electron chi connectivity index (χ2n) is 8.18. The second-order valence-corrected chi connectivity index (χ2v) is 8.18. The maximum atomic E-state index is 13.2. The Balaban J connectivity index is 1.61. The summed E-state index contributed by atoms with van der Waals surface area (Å²) in [6, 6.07) is 16.9. The summed E-state index contributed by atoms with van der Waals surface area (Å²) in [7, 11) is 0. The number of carbonyl (C=O) groups excluding carboxylic acids is 3. The van der Waals surface area contributed by atoms with Crippen molar-refractivity contribution in [2.45, 2.75) is 37.8 Å². The van der Waals surface area contributed by atoms with E-state index in [0.717, 1.165) is 16.8 Å². The van der Waals surface area contributed by atoms with Crippen LogP contribution in [0.25, 0.3) is 0 Å². The van der Waals surface area contributed by atoms with E-state index in [1.54, 1.807) is 11.8 Å². The normalized spacial score (nSPS) is 27.4. The number of nitrogens with zero attached hydrogens (tertiary/aromatic N) is 2. The van der Waals surface area contributed by atoms with Crippen molar-refractivity contribution in [1.29, 1.82) is 0 Å². The number of piperidine rings is 1. The molecule has 2 fully saturated rings. The Hall–Kier alpha value is -3.15. The summed E-state index contributed by atoms with van der Waals surface area (Å²) >= 11 is 0. The molecule has 2 saturated heterocycles. The smallest absolute Gasteiger partial charge is 0.311 e. The molecule has 0 aromatic heterocycles. The zero-order valence-corrected chi connectivity index (χ0v) is 16.9. The van der Waals surface area contributed by atoms with E-state index in [0.29, 0.717) is 6.42 Å². The van der Waals surface area contributed by atoms with Crippen LogP contribution >= 0.6 is 0 Å². The molecule has 2 aromatic rings. The molecule has 3 aliphatic heterocycles. The highest BCUT2D eigenvalue weighted by atomic mass is 16.5. The third-order valence-electron chi connectivity index (χ3n) is 6.64. The van der Waals surface area contributed by atoms with Gasteiger partial charge in [0, 0.05) is 18.0 Å². The number of esters is 1. The highest BCUT2D eigenvalue weighted by Crippen LogP contribution is 2.46. The third-order valence-corrected chi connectivity index (χ3v) is 6.64. The summed E-state index contributed by atoms with van der Waals surface area (Å²) in [5.41, 5.74) is 2.93. The Morgan fingerprint density at radius 2 is 1.73 bits per heavy atom. The largest absolute Gasteiger partial charge is 0.466 e. The number of rotatable bonds is 3. The molecule has 4 atom stereocenters. The number of ether oxygens (including phenoxy) is 1. The summed E-state index contributed by atoms with van der Waals surface area (Å²) in [6.07, 6.45) is 0.838. The van der Waals surface area contributed by atoms with Crippen molar-refractivity contribution < 1.29 is 19.1 Å². The van der Waals surface area contributed by atoms with Crippen molar-refractivity contribution in [2.75, 3.05) is 18.1 Å². The average molecular weight is 404 g/mol. The number of hydrogen-bond acceptors (Lipinski definition) is 4. The molecule has 6 nitrogen and oxygen atoms in total. The first-order valence-electron chi connectivity index (χ1n) is 10.5. The Morgan fingerprint density at radius 3 is 2.50 bits per heavy atom. The molecule has 154 valence electrons. The van der Waals surface area contributed by atoms with Crippen molar-refractivity contribution in [3.63, 3.8) is 0 Å². The maximum absolute atomic E-state index is 13.2. The summed E-state index contributed by atoms with van der Waals surface area (Å²) < 4.78 is 5.49. The number of piperazine rings is 1. The van der Waals surface area contributed by atoms with Crippen LogP contribution in [-0.4, -0.2) is 47.9 Å². The monoisotopic (exact) mass is 404 g/mol. The zero-order chi connectivity index (χ0) is 20.8. The number of carbonyl (C=O) groups is 3. The summed E-state index contributed by atoms with van der Waals surface area (Å²) in [4.78, 5) is 42.8. The fraction of sp³-hybridized carbons (Fsp3) is 0.375. The standard InChI is InChI=1S/C24H24N2O4/c1-2-30-24(29)22-17(15-8-4-3-5-9-15)13-20(27)25-14-21(28)26-18-11-7-6-10-16(18)12-19(26)23(22)25/h3-11,17,19,22-23H,2,12-14H2,1H3/t17-,19-,22-,23+/m0/s1. The second kappa shape index (κ2) is 7.27. The molecule has 0 aliphatic carbocycles. The highest BCUT2D eigenvalue weighted by Gasteiger charge is 2.56. The lowest BCUT2D eigenvalue weighted by Gasteiger charge is -2.51. The van der Waals surface area contributed by atoms with E-state index >= 15 is 0 Å². The van der Waals surface area contributed by atoms with Crippen molar-refractivity contribution in [3.8, 4) is 0 Å². The van der Waals surface area contributed by atoms with Crippen molar-refractivity contribution in [3.05, 3.63) is 65.7 Å². The van der Waals surface area contributed by atoms with E-state index in [9.17, 15) is 14.4 Å². The fourth-order valence-corrected chi connectivity index (χ4v) is 5.47. The molecule has 0 N–H and O–H groups in total. The number of anilines is 1. The van der Waals surface area contributed by atoms with Gasteiger partial charge in [0.1, 0.15) is 6.54 Å². The molecule has 0 spiro atoms. The molecule has 3 aliphatic rings. The summed E-state index contributed by atoms with van der Waals surface area (Å²) in [6.45, 7) is 2.08. The van der Waals surface area contributed by atoms with Gasteiger partial charge in [-0.3, -0.25) is 14.4 Å². The summed E-state index contributed by atoms with van der Waals surface area (Å²) in [5, 5.41) is 0. The van der Waals surface area contributed by atoms with E-state index in [-0.39, 0.29) is 49.3 Å². The predicted molar refractivity (Wildman–Crippen MR) is 111 cm³/mol. The number of hydrogen-bond donors (Lipinski definition) is 0. The van der Waals surface area contributed by atoms with Gasteiger partial charge in [0.2, 0.25) is 11.8 Å². The maximum Gasteiger partial charge on any atom is 0.311 e. The molecule has 0 radical (unpaired) electrons. The van der Waals surface area contributed by atoms with Gasteiger partial charge in [-0.1, -0.05) is 48.5 Å². The molecular weight excluding hydrogens is 380 g/mol. The first kappa shape index (κ1) is 18.9. The Kier molecular flexibility index (Phi) is 4.57. The quantitative estimate of drug-likeness (QED) is 0.738. The number of fused-ring (bicyclic) bond motifs is 5. The molecule has 6 heteroatoms. The Morgan fingerprint density at radius 1 is 1.00 bits per heavy atom. The number of benzene rings is 2. The molecule has 2 aromatic carbocycles. The van der Waals surface area contributed by atoms with Gasteiger partial charge < -0.3 is 14.5 Å². The van der Waals surface area contributed by atoms with Gasteiger partial charge in [-0.2, -0.15) is 0 Å². The van der Waals surface area contributed by atoms with Gasteiger partial charge in [0.15, 0.2) is 0 Å². The van der Waals surface area contributed by atoms with Crippen LogP contribution in [-0.2, 0) is 25.5 Å². The first-order valence-corrected chi connectivity index (χ1v) is 10.5. The van der Waals surface area contributed by atoms with Crippen LogP contribution in [0.15, 0.2) is 54.6 Å². The van der Waals surface area contributed by atoms with Crippen molar-refractivity contribution >= 4 is 23.5 Å². The van der Waals surface area contributed by atoms with Crippen LogP contribution in [0, 0.1) is 5.92 Å². The minimum Gasteiger partial charge on any atom is -0.466 e. The van der Waals surface area contributed by atoms with Gasteiger partial charge in [-0.05, 0) is 30.5 Å². The molecule has 30 heavy (non-hydrogen) atoms. The van der Waals surface area contributed by atoms with Crippen LogP contribution in [0.1, 0.15) is 30.4 Å². The topological polar surface area (TPSA) is 66.9 Å². The summed E-state index contributed by atoms with van der Waals surface area (Å²) in [5.74, 6) is -1.23. The van der Waals surface area contributed by atoms with Crippen LogP contribution in [0.5, 0.6) is 0 Å². The molecule has 2 amide bonds. The minimum atomic E-state index is -0.514. The fourth-order valence-electron chi connectivity index (χ4n) is 5.47. The lowest BCUT2D eigenvalue weighted by Crippen LogP contribution is -2.69. The Labute approximate surface area is 175 Å². The van der Waals surface area contributed by atoms with Crippen molar-refractivity contribution in [2.24, 2.45) is 5.92 Å². The SMILES string of the molecule is CCOC(=O)[C@@H]1[C@H]2[C@@H]3Cc4ccccc4N3C(=O)CN2C(=O)C[C@H]1c1ccccc1. The Bertz CT molecular complexity index is 1010. The minimum absolute atomic E-state index is 0.00570. The van der Waals surface area contributed by atoms with Crippen LogP contribution in [0.3, 0.4) is 0 Å². The molecular formula is C24H24N2O4. The molecule has 0 saturated carbocycles. The average Bonchev–Trinajstić information content (AvgIpc) is 3.15. The molecule has 0 unspecified atom stereocenters. The van der Waals surface area contributed by atoms with Crippen LogP contribution in [0.4, 0.5) is 5.69 Å². The number of para-hydroxylation sites is 1. The lowest BCUT2D eigenvalue weighted by molar-refractivity contribution is -0.162. The van der Waals surface area contributed by atoms with Gasteiger partial charge in [-0.15, -0.1) is 0 Å². The van der Waals surface area contributed by atoms with Gasteiger partial charge in [-0.25, -0.2) is 0 Å². The first-order chi connectivity index (χ1) is 14.6. The third kappa shape index (κ3) is 2.82. The number of amides is 2. The van der Waals surface area contributed by atoms with E-state index in [1.807, 2.05) is 59.5 Å². The van der Waals surface area contributed by atoms with Crippen LogP contribution < -0.4 is 4.90 Å². The lowest BCUT2D eigenvalue weighted by atomic mass is 9.71. The van der Waals surface area contributed by atoms with E-state index < -0.39 is 12.0 Å².